The highest BCUT2D eigenvalue weighted by atomic mass is 16.3. The van der Waals surface area contributed by atoms with E-state index < -0.39 is 0 Å². The Morgan fingerprint density at radius 3 is 2.84 bits per heavy atom. The summed E-state index contributed by atoms with van der Waals surface area (Å²) < 4.78 is 0. The lowest BCUT2D eigenvalue weighted by Gasteiger charge is -2.26. The van der Waals surface area contributed by atoms with Gasteiger partial charge in [-0.15, -0.1) is 0 Å². The SMILES string of the molecule is O=C1Cc2cc(CNC3CCC(O)CC3)ccc2N1. The number of fused-ring (bicyclic) bond motifs is 1. The van der Waals surface area contributed by atoms with Gasteiger partial charge in [-0.3, -0.25) is 4.79 Å². The number of hydrogen-bond donors (Lipinski definition) is 3. The Labute approximate surface area is 113 Å². The zero-order valence-electron chi connectivity index (χ0n) is 11.0. The van der Waals surface area contributed by atoms with E-state index in [1.54, 1.807) is 0 Å². The molecule has 4 heteroatoms. The molecule has 0 atom stereocenters. The van der Waals surface area contributed by atoms with E-state index in [1.165, 1.54) is 5.56 Å². The molecule has 1 aliphatic heterocycles. The van der Waals surface area contributed by atoms with Gasteiger partial charge < -0.3 is 15.7 Å². The van der Waals surface area contributed by atoms with Crippen LogP contribution in [0.5, 0.6) is 0 Å². The maximum absolute atomic E-state index is 11.3. The number of hydrogen-bond acceptors (Lipinski definition) is 3. The van der Waals surface area contributed by atoms with Crippen molar-refractivity contribution in [2.75, 3.05) is 5.32 Å². The largest absolute Gasteiger partial charge is 0.393 e. The molecule has 0 saturated heterocycles. The Balaban J connectivity index is 1.56. The topological polar surface area (TPSA) is 61.4 Å². The van der Waals surface area contributed by atoms with Gasteiger partial charge in [0.15, 0.2) is 0 Å². The zero-order valence-corrected chi connectivity index (χ0v) is 11.0. The highest BCUT2D eigenvalue weighted by Gasteiger charge is 2.20. The molecule has 1 aliphatic carbocycles. The second-order valence-corrected chi connectivity index (χ2v) is 5.60. The molecule has 0 unspecified atom stereocenters. The molecule has 102 valence electrons. The molecule has 3 N–H and O–H groups in total. The van der Waals surface area contributed by atoms with E-state index in [-0.39, 0.29) is 12.0 Å². The fourth-order valence-corrected chi connectivity index (χ4v) is 2.93. The third-order valence-electron chi connectivity index (χ3n) is 4.09. The summed E-state index contributed by atoms with van der Waals surface area (Å²) in [4.78, 5) is 11.3. The van der Waals surface area contributed by atoms with Crippen LogP contribution >= 0.6 is 0 Å². The summed E-state index contributed by atoms with van der Waals surface area (Å²) in [6.45, 7) is 0.836. The van der Waals surface area contributed by atoms with Crippen molar-refractivity contribution in [1.29, 1.82) is 0 Å². The summed E-state index contributed by atoms with van der Waals surface area (Å²) in [7, 11) is 0. The summed E-state index contributed by atoms with van der Waals surface area (Å²) >= 11 is 0. The maximum atomic E-state index is 11.3. The van der Waals surface area contributed by atoms with Crippen molar-refractivity contribution in [2.45, 2.75) is 50.8 Å². The van der Waals surface area contributed by atoms with Crippen LogP contribution in [0, 0.1) is 0 Å². The molecular formula is C15H20N2O2. The van der Waals surface area contributed by atoms with Gasteiger partial charge >= 0.3 is 0 Å². The number of aliphatic hydroxyl groups excluding tert-OH is 1. The van der Waals surface area contributed by atoms with Crippen LogP contribution in [0.15, 0.2) is 18.2 Å². The Morgan fingerprint density at radius 2 is 2.05 bits per heavy atom. The van der Waals surface area contributed by atoms with Crippen LogP contribution in [0.1, 0.15) is 36.8 Å². The highest BCUT2D eigenvalue weighted by Crippen LogP contribution is 2.24. The Hall–Kier alpha value is -1.39. The minimum absolute atomic E-state index is 0.0846. The number of carbonyl (C=O) groups is 1. The number of benzene rings is 1. The molecule has 0 spiro atoms. The first kappa shape index (κ1) is 12.6. The Bertz CT molecular complexity index is 479. The number of aliphatic hydroxyl groups is 1. The van der Waals surface area contributed by atoms with Crippen LogP contribution in [0.4, 0.5) is 5.69 Å². The highest BCUT2D eigenvalue weighted by molar-refractivity contribution is 5.99. The van der Waals surface area contributed by atoms with Crippen LogP contribution < -0.4 is 10.6 Å². The van der Waals surface area contributed by atoms with Gasteiger partial charge in [0.2, 0.25) is 5.91 Å². The van der Waals surface area contributed by atoms with E-state index in [0.717, 1.165) is 43.5 Å². The van der Waals surface area contributed by atoms with Gasteiger partial charge in [0, 0.05) is 18.3 Å². The number of anilines is 1. The molecule has 2 aliphatic rings. The van der Waals surface area contributed by atoms with Crippen molar-refractivity contribution in [3.63, 3.8) is 0 Å². The van der Waals surface area contributed by atoms with Crippen LogP contribution in [0.2, 0.25) is 0 Å². The van der Waals surface area contributed by atoms with Crippen molar-refractivity contribution in [1.82, 2.24) is 5.32 Å². The van der Waals surface area contributed by atoms with E-state index in [0.29, 0.717) is 12.5 Å². The van der Waals surface area contributed by atoms with E-state index in [2.05, 4.69) is 22.8 Å². The van der Waals surface area contributed by atoms with Crippen molar-refractivity contribution in [2.24, 2.45) is 0 Å². The van der Waals surface area contributed by atoms with E-state index >= 15 is 0 Å². The third-order valence-corrected chi connectivity index (χ3v) is 4.09. The van der Waals surface area contributed by atoms with Gasteiger partial charge in [-0.1, -0.05) is 12.1 Å². The van der Waals surface area contributed by atoms with Crippen LogP contribution in [0.25, 0.3) is 0 Å². The number of amides is 1. The quantitative estimate of drug-likeness (QED) is 0.773. The lowest BCUT2D eigenvalue weighted by atomic mass is 9.93. The molecule has 3 rings (SSSR count). The predicted molar refractivity (Wildman–Crippen MR) is 73.9 cm³/mol. The van der Waals surface area contributed by atoms with Gasteiger partial charge in [-0.05, 0) is 42.9 Å². The molecule has 19 heavy (non-hydrogen) atoms. The first-order chi connectivity index (χ1) is 9.20. The molecule has 1 aromatic rings. The van der Waals surface area contributed by atoms with Gasteiger partial charge in [-0.25, -0.2) is 0 Å². The molecule has 4 nitrogen and oxygen atoms in total. The molecule has 1 aromatic carbocycles. The molecule has 0 radical (unpaired) electrons. The predicted octanol–water partition coefficient (Wildman–Crippen LogP) is 1.57. The van der Waals surface area contributed by atoms with E-state index in [9.17, 15) is 9.90 Å². The van der Waals surface area contributed by atoms with E-state index in [4.69, 9.17) is 0 Å². The lowest BCUT2D eigenvalue weighted by molar-refractivity contribution is -0.115. The van der Waals surface area contributed by atoms with Gasteiger partial charge in [0.1, 0.15) is 0 Å². The van der Waals surface area contributed by atoms with Crippen LogP contribution in [-0.2, 0) is 17.8 Å². The lowest BCUT2D eigenvalue weighted by Crippen LogP contribution is -2.34. The summed E-state index contributed by atoms with van der Waals surface area (Å²) in [5.41, 5.74) is 3.28. The monoisotopic (exact) mass is 260 g/mol. The second-order valence-electron chi connectivity index (χ2n) is 5.60. The first-order valence-corrected chi connectivity index (χ1v) is 7.04. The molecule has 1 fully saturated rings. The van der Waals surface area contributed by atoms with Crippen molar-refractivity contribution in [3.8, 4) is 0 Å². The molecular weight excluding hydrogens is 240 g/mol. The number of rotatable bonds is 3. The van der Waals surface area contributed by atoms with Crippen molar-refractivity contribution in [3.05, 3.63) is 29.3 Å². The standard InChI is InChI=1S/C15H20N2O2/c18-13-4-2-12(3-5-13)16-9-10-1-6-14-11(7-10)8-15(19)17-14/h1,6-7,12-13,16,18H,2-5,8-9H2,(H,17,19). The van der Waals surface area contributed by atoms with Crippen molar-refractivity contribution >= 4 is 11.6 Å². The normalized spacial score (nSPS) is 26.1. The molecule has 0 bridgehead atoms. The molecule has 1 heterocycles. The van der Waals surface area contributed by atoms with Gasteiger partial charge in [0.25, 0.3) is 0 Å². The van der Waals surface area contributed by atoms with E-state index in [1.807, 2.05) is 6.07 Å². The average Bonchev–Trinajstić information content (AvgIpc) is 2.77. The first-order valence-electron chi connectivity index (χ1n) is 7.04. The summed E-state index contributed by atoms with van der Waals surface area (Å²) in [5, 5.41) is 15.9. The second kappa shape index (κ2) is 5.31. The van der Waals surface area contributed by atoms with Gasteiger partial charge in [0.05, 0.1) is 12.5 Å². The molecule has 1 amide bonds. The molecule has 1 saturated carbocycles. The summed E-state index contributed by atoms with van der Waals surface area (Å²) in [6, 6.07) is 6.67. The smallest absolute Gasteiger partial charge is 0.228 e. The minimum atomic E-state index is -0.102. The third kappa shape index (κ3) is 2.96. The number of carbonyl (C=O) groups excluding carboxylic acids is 1. The fraction of sp³-hybridized carbons (Fsp3) is 0.533. The number of nitrogens with one attached hydrogen (secondary N) is 2. The zero-order chi connectivity index (χ0) is 13.2. The summed E-state index contributed by atoms with van der Waals surface area (Å²) in [5.74, 6) is 0.0846. The molecule has 0 aromatic heterocycles. The Morgan fingerprint density at radius 1 is 1.26 bits per heavy atom. The fourth-order valence-electron chi connectivity index (χ4n) is 2.93. The Kier molecular flexibility index (Phi) is 3.53. The minimum Gasteiger partial charge on any atom is -0.393 e. The van der Waals surface area contributed by atoms with Crippen LogP contribution in [0.3, 0.4) is 0 Å². The average molecular weight is 260 g/mol. The maximum Gasteiger partial charge on any atom is 0.228 e. The van der Waals surface area contributed by atoms with Gasteiger partial charge in [-0.2, -0.15) is 0 Å². The van der Waals surface area contributed by atoms with Crippen LogP contribution in [-0.4, -0.2) is 23.2 Å². The van der Waals surface area contributed by atoms with Crippen molar-refractivity contribution < 1.29 is 9.90 Å². The summed E-state index contributed by atoms with van der Waals surface area (Å²) in [6.07, 6.45) is 4.30.